The highest BCUT2D eigenvalue weighted by Crippen LogP contribution is 2.35. The summed E-state index contributed by atoms with van der Waals surface area (Å²) in [6.07, 6.45) is -4.49. The first-order valence-corrected chi connectivity index (χ1v) is 12.7. The van der Waals surface area contributed by atoms with E-state index in [-0.39, 0.29) is 19.9 Å². The number of hydrogen-bond acceptors (Lipinski definition) is 5. The van der Waals surface area contributed by atoms with Crippen molar-refractivity contribution in [2.75, 3.05) is 13.9 Å². The fourth-order valence-corrected chi connectivity index (χ4v) is 4.76. The lowest BCUT2D eigenvalue weighted by Crippen LogP contribution is -2.48. The van der Waals surface area contributed by atoms with Crippen LogP contribution in [0.4, 0.5) is 13.2 Å². The molecule has 7 nitrogen and oxygen atoms in total. The molecule has 1 unspecified atom stereocenters. The van der Waals surface area contributed by atoms with Crippen LogP contribution in [0, 0.1) is 0 Å². The summed E-state index contributed by atoms with van der Waals surface area (Å²) < 4.78 is 56.2. The molecule has 0 aromatic heterocycles. The number of fused-ring (bicyclic) bond motifs is 1. The molecule has 0 saturated carbocycles. The normalized spacial score (nSPS) is 17.7. The molecule has 5 rings (SSSR count). The molecule has 0 bridgehead atoms. The van der Waals surface area contributed by atoms with Crippen molar-refractivity contribution in [2.45, 2.75) is 32.2 Å². The van der Waals surface area contributed by atoms with Gasteiger partial charge in [0, 0.05) is 10.7 Å². The SMILES string of the molecule is COC(=O)C1=C(C)N(Cc2cccc(C(F)(F)F)c2)C(=NCc2ccc3c(c2)OCO3)NC1c1ccc(Cl)cc1. The van der Waals surface area contributed by atoms with Crippen molar-refractivity contribution in [3.8, 4) is 11.5 Å². The topological polar surface area (TPSA) is 72.4 Å². The number of benzene rings is 3. The molecule has 3 aromatic rings. The Kier molecular flexibility index (Phi) is 7.62. The van der Waals surface area contributed by atoms with Gasteiger partial charge in [-0.2, -0.15) is 13.2 Å². The summed E-state index contributed by atoms with van der Waals surface area (Å²) in [4.78, 5) is 19.5. The third-order valence-corrected chi connectivity index (χ3v) is 6.92. The van der Waals surface area contributed by atoms with Crippen molar-refractivity contribution in [3.63, 3.8) is 0 Å². The number of carbonyl (C=O) groups excluding carboxylic acids is 1. The van der Waals surface area contributed by atoms with Crippen molar-refractivity contribution in [1.29, 1.82) is 0 Å². The van der Waals surface area contributed by atoms with Crippen LogP contribution in [0.5, 0.6) is 11.5 Å². The zero-order valence-electron chi connectivity index (χ0n) is 21.6. The summed E-state index contributed by atoms with van der Waals surface area (Å²) in [7, 11) is 1.28. The second-order valence-corrected chi connectivity index (χ2v) is 9.67. The van der Waals surface area contributed by atoms with E-state index in [2.05, 4.69) is 5.32 Å². The Morgan fingerprint density at radius 1 is 1.07 bits per heavy atom. The molecule has 0 spiro atoms. The van der Waals surface area contributed by atoms with Crippen molar-refractivity contribution in [1.82, 2.24) is 10.2 Å². The number of allylic oxidation sites excluding steroid dienone is 1. The van der Waals surface area contributed by atoms with Crippen LogP contribution in [0.3, 0.4) is 0 Å². The molecule has 2 aliphatic rings. The van der Waals surface area contributed by atoms with Gasteiger partial charge < -0.3 is 24.4 Å². The molecular formula is C29H25ClF3N3O4. The van der Waals surface area contributed by atoms with E-state index in [4.69, 9.17) is 30.8 Å². The van der Waals surface area contributed by atoms with Gasteiger partial charge in [-0.1, -0.05) is 41.9 Å². The fourth-order valence-electron chi connectivity index (χ4n) is 4.63. The number of guanidine groups is 1. The minimum absolute atomic E-state index is 0.0244. The maximum absolute atomic E-state index is 13.4. The predicted octanol–water partition coefficient (Wildman–Crippen LogP) is 6.24. The van der Waals surface area contributed by atoms with E-state index in [1.54, 1.807) is 48.2 Å². The third kappa shape index (κ3) is 5.72. The Bertz CT molecular complexity index is 1490. The average Bonchev–Trinajstić information content (AvgIpc) is 3.41. The van der Waals surface area contributed by atoms with E-state index in [1.165, 1.54) is 13.2 Å². The first-order chi connectivity index (χ1) is 19.1. The number of alkyl halides is 3. The smallest absolute Gasteiger partial charge is 0.416 e. The molecule has 1 atom stereocenters. The van der Waals surface area contributed by atoms with Crippen molar-refractivity contribution in [2.24, 2.45) is 4.99 Å². The molecule has 208 valence electrons. The summed E-state index contributed by atoms with van der Waals surface area (Å²) >= 11 is 6.09. The maximum Gasteiger partial charge on any atom is 0.416 e. The molecule has 40 heavy (non-hydrogen) atoms. The van der Waals surface area contributed by atoms with Gasteiger partial charge in [0.05, 0.1) is 37.4 Å². The minimum atomic E-state index is -4.49. The molecule has 0 fully saturated rings. The lowest BCUT2D eigenvalue weighted by Gasteiger charge is -2.38. The highest BCUT2D eigenvalue weighted by molar-refractivity contribution is 6.30. The monoisotopic (exact) mass is 571 g/mol. The van der Waals surface area contributed by atoms with Crippen LogP contribution in [0.2, 0.25) is 5.02 Å². The standard InChI is InChI=1S/C29H25ClF3N3O4/c1-17-25(27(37)38-2)26(20-7-9-22(30)10-8-20)35-28(34-14-18-6-11-23-24(13-18)40-16-39-23)36(17)15-19-4-3-5-21(12-19)29(31,32)33/h3-13,26H,14-16H2,1-2H3,(H,34,35). The second kappa shape index (κ2) is 11.1. The van der Waals surface area contributed by atoms with E-state index in [0.29, 0.717) is 39.3 Å². The lowest BCUT2D eigenvalue weighted by atomic mass is 9.94. The Hall–Kier alpha value is -4.18. The van der Waals surface area contributed by atoms with Gasteiger partial charge in [0.1, 0.15) is 0 Å². The van der Waals surface area contributed by atoms with Crippen LogP contribution in [0.1, 0.15) is 35.2 Å². The molecule has 2 aliphatic heterocycles. The quantitative estimate of drug-likeness (QED) is 0.353. The molecule has 1 N–H and O–H groups in total. The van der Waals surface area contributed by atoms with Gasteiger partial charge in [-0.05, 0) is 60.0 Å². The second-order valence-electron chi connectivity index (χ2n) is 9.23. The van der Waals surface area contributed by atoms with Crippen molar-refractivity contribution in [3.05, 3.63) is 105 Å². The Morgan fingerprint density at radius 3 is 2.55 bits per heavy atom. The summed E-state index contributed by atoms with van der Waals surface area (Å²) in [6.45, 7) is 2.12. The van der Waals surface area contributed by atoms with Crippen molar-refractivity contribution < 1.29 is 32.2 Å². The summed E-state index contributed by atoms with van der Waals surface area (Å²) in [5.74, 6) is 1.05. The maximum atomic E-state index is 13.4. The van der Waals surface area contributed by atoms with E-state index >= 15 is 0 Å². The summed E-state index contributed by atoms with van der Waals surface area (Å²) in [6, 6.07) is 16.9. The van der Waals surface area contributed by atoms with Gasteiger partial charge in [-0.25, -0.2) is 9.79 Å². The van der Waals surface area contributed by atoms with Gasteiger partial charge in [-0.3, -0.25) is 0 Å². The third-order valence-electron chi connectivity index (χ3n) is 6.66. The summed E-state index contributed by atoms with van der Waals surface area (Å²) in [5, 5.41) is 3.85. The number of nitrogens with one attached hydrogen (secondary N) is 1. The van der Waals surface area contributed by atoms with Gasteiger partial charge in [-0.15, -0.1) is 0 Å². The van der Waals surface area contributed by atoms with Gasteiger partial charge in [0.2, 0.25) is 6.79 Å². The summed E-state index contributed by atoms with van der Waals surface area (Å²) in [5.41, 5.74) is 1.99. The Labute approximate surface area is 233 Å². The number of carbonyl (C=O) groups is 1. The number of rotatable bonds is 6. The van der Waals surface area contributed by atoms with E-state index in [0.717, 1.165) is 23.3 Å². The number of ether oxygens (including phenoxy) is 3. The van der Waals surface area contributed by atoms with Crippen LogP contribution in [-0.2, 0) is 28.8 Å². The first kappa shape index (κ1) is 27.4. The molecule has 3 aromatic carbocycles. The number of aliphatic imine (C=N–C) groups is 1. The van der Waals surface area contributed by atoms with E-state index < -0.39 is 23.8 Å². The number of halogens is 4. The van der Waals surface area contributed by atoms with E-state index in [9.17, 15) is 18.0 Å². The van der Waals surface area contributed by atoms with Gasteiger partial charge in [0.15, 0.2) is 17.5 Å². The molecule has 0 aliphatic carbocycles. The lowest BCUT2D eigenvalue weighted by molar-refractivity contribution is -0.138. The molecule has 0 saturated heterocycles. The van der Waals surface area contributed by atoms with Crippen LogP contribution in [-0.4, -0.2) is 30.7 Å². The Balaban J connectivity index is 1.57. The van der Waals surface area contributed by atoms with Gasteiger partial charge >= 0.3 is 12.1 Å². The number of hydrogen-bond donors (Lipinski definition) is 1. The molecule has 0 radical (unpaired) electrons. The van der Waals surface area contributed by atoms with E-state index in [1.807, 2.05) is 12.1 Å². The zero-order valence-corrected chi connectivity index (χ0v) is 22.3. The fraction of sp³-hybridized carbons (Fsp3) is 0.241. The first-order valence-electron chi connectivity index (χ1n) is 12.3. The molecule has 0 amide bonds. The molecule has 11 heteroatoms. The highest BCUT2D eigenvalue weighted by Gasteiger charge is 2.36. The highest BCUT2D eigenvalue weighted by atomic mass is 35.5. The number of methoxy groups -OCH3 is 1. The zero-order chi connectivity index (χ0) is 28.4. The minimum Gasteiger partial charge on any atom is -0.466 e. The van der Waals surface area contributed by atoms with Gasteiger partial charge in [0.25, 0.3) is 0 Å². The van der Waals surface area contributed by atoms with Crippen LogP contribution in [0.15, 0.2) is 83.0 Å². The van der Waals surface area contributed by atoms with Crippen molar-refractivity contribution >= 4 is 23.5 Å². The average molecular weight is 572 g/mol. The van der Waals surface area contributed by atoms with Crippen LogP contribution < -0.4 is 14.8 Å². The molecular weight excluding hydrogens is 547 g/mol. The molecule has 2 heterocycles. The van der Waals surface area contributed by atoms with Crippen LogP contribution >= 0.6 is 11.6 Å². The number of nitrogens with zero attached hydrogens (tertiary/aromatic N) is 2. The Morgan fingerprint density at radius 2 is 1.82 bits per heavy atom. The number of esters is 1. The van der Waals surface area contributed by atoms with Crippen LogP contribution in [0.25, 0.3) is 0 Å². The largest absolute Gasteiger partial charge is 0.466 e. The predicted molar refractivity (Wildman–Crippen MR) is 143 cm³/mol.